The van der Waals surface area contributed by atoms with E-state index in [0.29, 0.717) is 6.04 Å². The van der Waals surface area contributed by atoms with Crippen LogP contribution in [0.25, 0.3) is 0 Å². The molecule has 1 aliphatic heterocycles. The molecule has 3 unspecified atom stereocenters. The SMILES string of the molecule is CCCC1CCC(O)CC1N1CCCC1. The van der Waals surface area contributed by atoms with Gasteiger partial charge in [0.05, 0.1) is 6.10 Å². The van der Waals surface area contributed by atoms with Crippen molar-refractivity contribution in [1.29, 1.82) is 0 Å². The van der Waals surface area contributed by atoms with Crippen LogP contribution in [-0.4, -0.2) is 35.2 Å². The molecule has 1 heterocycles. The van der Waals surface area contributed by atoms with Crippen molar-refractivity contribution < 1.29 is 5.11 Å². The van der Waals surface area contributed by atoms with Gasteiger partial charge >= 0.3 is 0 Å². The monoisotopic (exact) mass is 211 g/mol. The van der Waals surface area contributed by atoms with E-state index in [0.717, 1.165) is 18.8 Å². The minimum Gasteiger partial charge on any atom is -0.393 e. The van der Waals surface area contributed by atoms with E-state index in [2.05, 4.69) is 11.8 Å². The van der Waals surface area contributed by atoms with Crippen LogP contribution in [0.1, 0.15) is 51.9 Å². The van der Waals surface area contributed by atoms with Crippen LogP contribution in [0.5, 0.6) is 0 Å². The first-order valence-corrected chi connectivity index (χ1v) is 6.73. The molecule has 2 aliphatic rings. The summed E-state index contributed by atoms with van der Waals surface area (Å²) >= 11 is 0. The maximum Gasteiger partial charge on any atom is 0.0555 e. The Morgan fingerprint density at radius 1 is 1.20 bits per heavy atom. The van der Waals surface area contributed by atoms with Crippen LogP contribution in [0.4, 0.5) is 0 Å². The first-order chi connectivity index (χ1) is 7.31. The van der Waals surface area contributed by atoms with Crippen molar-refractivity contribution in [1.82, 2.24) is 4.90 Å². The van der Waals surface area contributed by atoms with Crippen LogP contribution in [0.3, 0.4) is 0 Å². The number of aliphatic hydroxyl groups is 1. The van der Waals surface area contributed by atoms with Crippen LogP contribution < -0.4 is 0 Å². The van der Waals surface area contributed by atoms with Crippen LogP contribution in [0.15, 0.2) is 0 Å². The van der Waals surface area contributed by atoms with E-state index in [4.69, 9.17) is 0 Å². The molecule has 2 nitrogen and oxygen atoms in total. The summed E-state index contributed by atoms with van der Waals surface area (Å²) in [4.78, 5) is 2.64. The van der Waals surface area contributed by atoms with Gasteiger partial charge in [-0.1, -0.05) is 13.3 Å². The average molecular weight is 211 g/mol. The zero-order valence-electron chi connectivity index (χ0n) is 9.99. The zero-order valence-corrected chi connectivity index (χ0v) is 9.99. The lowest BCUT2D eigenvalue weighted by Crippen LogP contribution is -2.44. The van der Waals surface area contributed by atoms with Crippen LogP contribution in [0.2, 0.25) is 0 Å². The number of aliphatic hydroxyl groups excluding tert-OH is 1. The van der Waals surface area contributed by atoms with E-state index < -0.39 is 0 Å². The topological polar surface area (TPSA) is 23.5 Å². The molecule has 1 saturated carbocycles. The largest absolute Gasteiger partial charge is 0.393 e. The van der Waals surface area contributed by atoms with Gasteiger partial charge in [0.25, 0.3) is 0 Å². The molecule has 2 fully saturated rings. The van der Waals surface area contributed by atoms with Gasteiger partial charge in [-0.3, -0.25) is 0 Å². The molecule has 15 heavy (non-hydrogen) atoms. The molecular formula is C13H25NO. The van der Waals surface area contributed by atoms with Crippen molar-refractivity contribution in [2.45, 2.75) is 64.0 Å². The fourth-order valence-electron chi connectivity index (χ4n) is 3.42. The third kappa shape index (κ3) is 2.73. The van der Waals surface area contributed by atoms with E-state index in [1.807, 2.05) is 0 Å². The summed E-state index contributed by atoms with van der Waals surface area (Å²) in [5, 5.41) is 9.80. The Morgan fingerprint density at radius 3 is 2.60 bits per heavy atom. The third-order valence-electron chi connectivity index (χ3n) is 4.20. The zero-order chi connectivity index (χ0) is 10.7. The van der Waals surface area contributed by atoms with Gasteiger partial charge in [0.1, 0.15) is 0 Å². The normalized spacial score (nSPS) is 38.4. The molecule has 1 N–H and O–H groups in total. The smallest absolute Gasteiger partial charge is 0.0555 e. The highest BCUT2D eigenvalue weighted by atomic mass is 16.3. The van der Waals surface area contributed by atoms with Gasteiger partial charge in [-0.25, -0.2) is 0 Å². The molecule has 3 atom stereocenters. The van der Waals surface area contributed by atoms with Crippen molar-refractivity contribution in [2.24, 2.45) is 5.92 Å². The maximum atomic E-state index is 9.80. The first kappa shape index (κ1) is 11.4. The molecule has 0 aromatic carbocycles. The summed E-state index contributed by atoms with van der Waals surface area (Å²) in [5.41, 5.74) is 0. The summed E-state index contributed by atoms with van der Waals surface area (Å²) < 4.78 is 0. The van der Waals surface area contributed by atoms with Gasteiger partial charge in [-0.2, -0.15) is 0 Å². The van der Waals surface area contributed by atoms with Crippen LogP contribution in [-0.2, 0) is 0 Å². The number of rotatable bonds is 3. The lowest BCUT2D eigenvalue weighted by atomic mass is 9.79. The summed E-state index contributed by atoms with van der Waals surface area (Å²) in [6, 6.07) is 0.691. The molecule has 2 rings (SSSR count). The second-order valence-corrected chi connectivity index (χ2v) is 5.33. The highest BCUT2D eigenvalue weighted by molar-refractivity contribution is 4.88. The fraction of sp³-hybridized carbons (Fsp3) is 1.00. The van der Waals surface area contributed by atoms with E-state index in [1.165, 1.54) is 45.2 Å². The molecule has 88 valence electrons. The van der Waals surface area contributed by atoms with E-state index >= 15 is 0 Å². The van der Waals surface area contributed by atoms with Gasteiger partial charge in [-0.05, 0) is 57.5 Å². The summed E-state index contributed by atoms with van der Waals surface area (Å²) in [7, 11) is 0. The molecule has 0 spiro atoms. The molecule has 1 saturated heterocycles. The Morgan fingerprint density at radius 2 is 1.93 bits per heavy atom. The van der Waals surface area contributed by atoms with E-state index in [-0.39, 0.29) is 6.10 Å². The van der Waals surface area contributed by atoms with Crippen molar-refractivity contribution >= 4 is 0 Å². The third-order valence-corrected chi connectivity index (χ3v) is 4.20. The molecule has 2 heteroatoms. The number of hydrogen-bond acceptors (Lipinski definition) is 2. The Bertz CT molecular complexity index is 189. The fourth-order valence-corrected chi connectivity index (χ4v) is 3.42. The van der Waals surface area contributed by atoms with Crippen LogP contribution >= 0.6 is 0 Å². The van der Waals surface area contributed by atoms with E-state index in [1.54, 1.807) is 0 Å². The predicted molar refractivity (Wildman–Crippen MR) is 62.9 cm³/mol. The minimum atomic E-state index is -0.0243. The van der Waals surface area contributed by atoms with Crippen molar-refractivity contribution in [3.8, 4) is 0 Å². The summed E-state index contributed by atoms with van der Waals surface area (Å²) in [6.07, 6.45) is 8.68. The van der Waals surface area contributed by atoms with Crippen LogP contribution in [0, 0.1) is 5.92 Å². The summed E-state index contributed by atoms with van der Waals surface area (Å²) in [5.74, 6) is 0.858. The van der Waals surface area contributed by atoms with Crippen molar-refractivity contribution in [2.75, 3.05) is 13.1 Å². The quantitative estimate of drug-likeness (QED) is 0.775. The maximum absolute atomic E-state index is 9.80. The lowest BCUT2D eigenvalue weighted by Gasteiger charge is -2.40. The highest BCUT2D eigenvalue weighted by Gasteiger charge is 2.33. The Hall–Kier alpha value is -0.0800. The lowest BCUT2D eigenvalue weighted by molar-refractivity contribution is 0.0338. The Balaban J connectivity index is 1.95. The van der Waals surface area contributed by atoms with Crippen molar-refractivity contribution in [3.05, 3.63) is 0 Å². The summed E-state index contributed by atoms with van der Waals surface area (Å²) in [6.45, 7) is 4.83. The van der Waals surface area contributed by atoms with Gasteiger partial charge in [0.2, 0.25) is 0 Å². The molecule has 0 aromatic rings. The number of likely N-dealkylation sites (tertiary alicyclic amines) is 1. The molecule has 1 aliphatic carbocycles. The number of hydrogen-bond donors (Lipinski definition) is 1. The predicted octanol–water partition coefficient (Wildman–Crippen LogP) is 2.41. The van der Waals surface area contributed by atoms with Gasteiger partial charge in [-0.15, -0.1) is 0 Å². The highest BCUT2D eigenvalue weighted by Crippen LogP contribution is 2.33. The average Bonchev–Trinajstić information content (AvgIpc) is 2.74. The second-order valence-electron chi connectivity index (χ2n) is 5.33. The molecular weight excluding hydrogens is 186 g/mol. The van der Waals surface area contributed by atoms with Gasteiger partial charge in [0.15, 0.2) is 0 Å². The standard InChI is InChI=1S/C13H25NO/c1-2-5-11-6-7-12(15)10-13(11)14-8-3-4-9-14/h11-13,15H,2-10H2,1H3. The first-order valence-electron chi connectivity index (χ1n) is 6.73. The van der Waals surface area contributed by atoms with Gasteiger partial charge in [0, 0.05) is 6.04 Å². The van der Waals surface area contributed by atoms with E-state index in [9.17, 15) is 5.11 Å². The molecule has 0 aromatic heterocycles. The molecule has 0 amide bonds. The second kappa shape index (κ2) is 5.31. The Kier molecular flexibility index (Phi) is 4.04. The minimum absolute atomic E-state index is 0.0243. The molecule has 0 radical (unpaired) electrons. The molecule has 0 bridgehead atoms. The van der Waals surface area contributed by atoms with Crippen molar-refractivity contribution in [3.63, 3.8) is 0 Å². The number of nitrogens with zero attached hydrogens (tertiary/aromatic N) is 1. The van der Waals surface area contributed by atoms with Gasteiger partial charge < -0.3 is 10.0 Å². The Labute approximate surface area is 93.7 Å².